The maximum atomic E-state index is 15.1. The zero-order valence-corrected chi connectivity index (χ0v) is 20.5. The van der Waals surface area contributed by atoms with Gasteiger partial charge in [-0.2, -0.15) is 0 Å². The summed E-state index contributed by atoms with van der Waals surface area (Å²) < 4.78 is 35.6. The number of hydrogen-bond acceptors (Lipinski definition) is 6. The lowest BCUT2D eigenvalue weighted by Gasteiger charge is -2.22. The smallest absolute Gasteiger partial charge is 0.260 e. The summed E-state index contributed by atoms with van der Waals surface area (Å²) in [4.78, 5) is 17.0. The molecule has 8 nitrogen and oxygen atoms in total. The van der Waals surface area contributed by atoms with Crippen molar-refractivity contribution in [2.45, 2.75) is 13.3 Å². The van der Waals surface area contributed by atoms with Gasteiger partial charge in [0.2, 0.25) is 0 Å². The Balaban J connectivity index is 2.34. The molecular weight excluding hydrogens is 478 g/mol. The van der Waals surface area contributed by atoms with Crippen molar-refractivity contribution >= 4 is 58.6 Å². The average Bonchev–Trinajstić information content (AvgIpc) is 2.74. The van der Waals surface area contributed by atoms with E-state index in [1.54, 1.807) is 13.1 Å². The molecule has 4 N–H and O–H groups in total. The third-order valence-corrected chi connectivity index (χ3v) is 7.44. The monoisotopic (exact) mass is 504 g/mol. The largest absolute Gasteiger partial charge is 0.491 e. The zero-order chi connectivity index (χ0) is 23.9. The molecule has 2 aromatic rings. The summed E-state index contributed by atoms with van der Waals surface area (Å²) in [5.74, 6) is -0.708. The molecule has 1 atom stereocenters. The van der Waals surface area contributed by atoms with Crippen LogP contribution in [0.5, 0.6) is 0 Å². The van der Waals surface area contributed by atoms with Gasteiger partial charge in [0.1, 0.15) is 18.2 Å². The van der Waals surface area contributed by atoms with Gasteiger partial charge in [0.25, 0.3) is 5.91 Å². The van der Waals surface area contributed by atoms with E-state index in [1.165, 1.54) is 18.3 Å². The van der Waals surface area contributed by atoms with Gasteiger partial charge in [-0.25, -0.2) is 9.37 Å². The van der Waals surface area contributed by atoms with E-state index >= 15 is 4.39 Å². The lowest BCUT2D eigenvalue weighted by molar-refractivity contribution is 0.102. The van der Waals surface area contributed by atoms with Crippen LogP contribution in [0, 0.1) is 5.82 Å². The van der Waals surface area contributed by atoms with Gasteiger partial charge in [-0.1, -0.05) is 25.1 Å². The number of carbonyl (C=O) groups is 1. The lowest BCUT2D eigenvalue weighted by atomic mass is 10.1. The summed E-state index contributed by atoms with van der Waals surface area (Å²) in [5.41, 5.74) is 0.216. The highest BCUT2D eigenvalue weighted by Gasteiger charge is 2.22. The second-order valence-electron chi connectivity index (χ2n) is 6.73. The van der Waals surface area contributed by atoms with Crippen LogP contribution >= 0.6 is 20.0 Å². The number of pyridine rings is 1. The van der Waals surface area contributed by atoms with Crippen molar-refractivity contribution < 1.29 is 23.2 Å². The van der Waals surface area contributed by atoms with Crippen LogP contribution in [0.25, 0.3) is 5.76 Å². The van der Waals surface area contributed by atoms with Gasteiger partial charge in [0, 0.05) is 12.8 Å². The number of benzene rings is 1. The maximum absolute atomic E-state index is 15.1. The van der Waals surface area contributed by atoms with Crippen LogP contribution in [0.3, 0.4) is 0 Å². The van der Waals surface area contributed by atoms with Crippen molar-refractivity contribution in [2.75, 3.05) is 41.4 Å². The van der Waals surface area contributed by atoms with E-state index in [1.807, 2.05) is 6.92 Å². The Bertz CT molecular complexity index is 1060. The normalized spacial score (nSPS) is 11.6. The topological polar surface area (TPSA) is 113 Å². The number of amides is 1. The van der Waals surface area contributed by atoms with Gasteiger partial charge in [-0.3, -0.25) is 9.00 Å². The van der Waals surface area contributed by atoms with Crippen LogP contribution in [0.4, 0.5) is 21.6 Å². The number of hydrogen-bond donors (Lipinski definition) is 5. The molecule has 1 aromatic carbocycles. The fourth-order valence-electron chi connectivity index (χ4n) is 2.82. The molecule has 12 heteroatoms. The van der Waals surface area contributed by atoms with E-state index in [0.29, 0.717) is 23.6 Å². The second-order valence-corrected chi connectivity index (χ2v) is 11.9. The molecule has 0 bridgehead atoms. The Kier molecular flexibility index (Phi) is 9.39. The van der Waals surface area contributed by atoms with Crippen molar-refractivity contribution in [3.8, 4) is 0 Å². The first-order valence-corrected chi connectivity index (χ1v) is 13.6. The minimum Gasteiger partial charge on any atom is -0.491 e. The molecule has 0 radical (unpaired) electrons. The number of carbonyl (C=O) groups excluding carboxylic acids is 1. The Hall–Kier alpha value is -2.26. The Morgan fingerprint density at radius 3 is 2.78 bits per heavy atom. The van der Waals surface area contributed by atoms with Gasteiger partial charge in [0.15, 0.2) is 5.82 Å². The molecule has 0 saturated carbocycles. The zero-order valence-electron chi connectivity index (χ0n) is 17.7. The van der Waals surface area contributed by atoms with Crippen molar-refractivity contribution in [2.24, 2.45) is 0 Å². The van der Waals surface area contributed by atoms with Crippen LogP contribution in [0.2, 0.25) is 5.02 Å². The second kappa shape index (κ2) is 11.6. The fourth-order valence-corrected chi connectivity index (χ4v) is 5.60. The van der Waals surface area contributed by atoms with Crippen LogP contribution < -0.4 is 15.4 Å². The molecule has 1 aromatic heterocycles. The number of aliphatic hydroxyl groups excluding tert-OH is 1. The molecule has 32 heavy (non-hydrogen) atoms. The molecule has 0 spiro atoms. The third kappa shape index (κ3) is 6.62. The number of ether oxygens (including phenoxy) is 1. The lowest BCUT2D eigenvalue weighted by Crippen LogP contribution is -2.21. The molecule has 0 saturated heterocycles. The van der Waals surface area contributed by atoms with Gasteiger partial charge in [-0.15, -0.1) is 0 Å². The van der Waals surface area contributed by atoms with Gasteiger partial charge >= 0.3 is 0 Å². The van der Waals surface area contributed by atoms with Crippen molar-refractivity contribution in [1.29, 1.82) is 0 Å². The molecular formula is C20H27ClFN4O4PS. The van der Waals surface area contributed by atoms with E-state index in [2.05, 4.69) is 35.4 Å². The van der Waals surface area contributed by atoms with Crippen molar-refractivity contribution in [1.82, 2.24) is 4.98 Å². The van der Waals surface area contributed by atoms with Crippen LogP contribution in [0.15, 0.2) is 31.0 Å². The first-order valence-electron chi connectivity index (χ1n) is 9.69. The first kappa shape index (κ1) is 26.0. The Morgan fingerprint density at radius 1 is 1.44 bits per heavy atom. The summed E-state index contributed by atoms with van der Waals surface area (Å²) in [5, 5.41) is 14.3. The first-order chi connectivity index (χ1) is 15.1. The molecule has 0 aliphatic rings. The average molecular weight is 505 g/mol. The molecule has 1 unspecified atom stereocenters. The quantitative estimate of drug-likeness (QED) is 0.181. The number of nitrogens with one attached hydrogen (secondary N) is 3. The predicted molar refractivity (Wildman–Crippen MR) is 133 cm³/mol. The highest BCUT2D eigenvalue weighted by Crippen LogP contribution is 2.30. The number of aliphatic hydroxyl groups is 1. The van der Waals surface area contributed by atoms with Crippen LogP contribution in [-0.2, 0) is 14.5 Å². The Labute approximate surface area is 194 Å². The minimum atomic E-state index is -2.92. The highest BCUT2D eigenvalue weighted by molar-refractivity contribution is 8.46. The summed E-state index contributed by atoms with van der Waals surface area (Å²) in [6.07, 6.45) is 2.01. The summed E-state index contributed by atoms with van der Waals surface area (Å²) in [7, 11) is 0.957. The molecule has 176 valence electrons. The van der Waals surface area contributed by atoms with Crippen LogP contribution in [-0.4, -0.2) is 46.2 Å². The number of halogens is 2. The minimum absolute atomic E-state index is 0.0385. The molecule has 1 heterocycles. The number of rotatable bonds is 11. The molecule has 0 fully saturated rings. The third-order valence-electron chi connectivity index (χ3n) is 4.23. The van der Waals surface area contributed by atoms with E-state index in [0.717, 1.165) is 0 Å². The standard InChI is InChI=1S/C20H27ClFN4O4PS/c1-4-9-32(29,31)26-16-6-5-15(21)17(18(16)22)20(28)25-13-10-14(12(2)30-8-7-27)19(23-3)24-11-13/h5-6,10-11,27,32H,2,4,7-9,31H2,1,3H3,(H,23,24)(H,25,28)(H,26,29). The predicted octanol–water partition coefficient (Wildman–Crippen LogP) is 3.69. The highest BCUT2D eigenvalue weighted by atomic mass is 35.5. The Morgan fingerprint density at radius 2 is 2.16 bits per heavy atom. The van der Waals surface area contributed by atoms with Crippen LogP contribution in [0.1, 0.15) is 29.3 Å². The van der Waals surface area contributed by atoms with E-state index in [9.17, 15) is 9.00 Å². The molecule has 1 amide bonds. The maximum Gasteiger partial charge on any atom is 0.260 e. The summed E-state index contributed by atoms with van der Waals surface area (Å²) in [6, 6.07) is 4.24. The number of anilines is 3. The fraction of sp³-hybridized carbons (Fsp3) is 0.300. The van der Waals surface area contributed by atoms with Crippen molar-refractivity contribution in [3.05, 3.63) is 52.9 Å². The van der Waals surface area contributed by atoms with Gasteiger partial charge in [0.05, 0.1) is 40.3 Å². The number of aromatic nitrogens is 1. The van der Waals surface area contributed by atoms with E-state index < -0.39 is 27.0 Å². The summed E-state index contributed by atoms with van der Waals surface area (Å²) in [6.45, 7) is 5.50. The van der Waals surface area contributed by atoms with E-state index in [-0.39, 0.29) is 35.4 Å². The van der Waals surface area contributed by atoms with Gasteiger partial charge in [-0.05, 0) is 42.8 Å². The number of nitrogens with zero attached hydrogens (tertiary/aromatic N) is 1. The van der Waals surface area contributed by atoms with Gasteiger partial charge < -0.3 is 25.2 Å². The number of thiol groups is 1. The van der Waals surface area contributed by atoms with Crippen molar-refractivity contribution in [3.63, 3.8) is 0 Å². The molecule has 0 aliphatic heterocycles. The van der Waals surface area contributed by atoms with E-state index in [4.69, 9.17) is 21.4 Å². The molecule has 0 aliphatic carbocycles. The SMILES string of the molecule is C=C(OCCO)c1cc(NC(=O)c2c(Cl)ccc(N[SH](=O)(P)CCC)c2F)cnc1NC. The molecule has 2 rings (SSSR count). The summed E-state index contributed by atoms with van der Waals surface area (Å²) >= 11 is 6.10.